The Kier molecular flexibility index (Phi) is 3.57. The summed E-state index contributed by atoms with van der Waals surface area (Å²) in [4.78, 5) is 4.89. The molecule has 0 spiro atoms. The van der Waals surface area contributed by atoms with E-state index in [4.69, 9.17) is 4.42 Å². The number of para-hydroxylation sites is 2. The number of halogens is 1. The zero-order valence-corrected chi connectivity index (χ0v) is 12.1. The zero-order valence-electron chi connectivity index (χ0n) is 10.5. The van der Waals surface area contributed by atoms with Gasteiger partial charge in [0.25, 0.3) is 0 Å². The molecule has 2 aromatic rings. The highest BCUT2D eigenvalue weighted by atomic mass is 79.9. The summed E-state index contributed by atoms with van der Waals surface area (Å²) in [6, 6.07) is 7.89. The molecule has 0 aliphatic heterocycles. The standard InChI is InChI=1S/C14H18BrNO/c1-4-14(2,3)12(15)9-13-16-10-7-5-6-8-11(10)17-13/h5-8,12H,4,9H2,1-3H3. The van der Waals surface area contributed by atoms with Crippen LogP contribution in [-0.4, -0.2) is 9.81 Å². The van der Waals surface area contributed by atoms with Gasteiger partial charge in [-0.25, -0.2) is 4.98 Å². The zero-order chi connectivity index (χ0) is 12.5. The van der Waals surface area contributed by atoms with Crippen molar-refractivity contribution in [1.82, 2.24) is 4.98 Å². The average molecular weight is 296 g/mol. The van der Waals surface area contributed by atoms with Crippen molar-refractivity contribution in [1.29, 1.82) is 0 Å². The molecule has 0 amide bonds. The topological polar surface area (TPSA) is 26.0 Å². The van der Waals surface area contributed by atoms with Crippen LogP contribution in [0.15, 0.2) is 28.7 Å². The minimum atomic E-state index is 0.251. The lowest BCUT2D eigenvalue weighted by Gasteiger charge is -2.28. The molecule has 1 unspecified atom stereocenters. The Bertz CT molecular complexity index is 471. The number of alkyl halides is 1. The molecule has 2 nitrogen and oxygen atoms in total. The van der Waals surface area contributed by atoms with Crippen LogP contribution in [0.2, 0.25) is 0 Å². The molecule has 1 heterocycles. The molecule has 1 aromatic heterocycles. The predicted octanol–water partition coefficient (Wildman–Crippen LogP) is 4.57. The molecule has 17 heavy (non-hydrogen) atoms. The van der Waals surface area contributed by atoms with Crippen molar-refractivity contribution in [3.05, 3.63) is 30.2 Å². The smallest absolute Gasteiger partial charge is 0.196 e. The fraction of sp³-hybridized carbons (Fsp3) is 0.500. The molecule has 1 atom stereocenters. The summed E-state index contributed by atoms with van der Waals surface area (Å²) >= 11 is 3.75. The largest absolute Gasteiger partial charge is 0.441 e. The van der Waals surface area contributed by atoms with Gasteiger partial charge in [0.15, 0.2) is 11.5 Å². The molecular formula is C14H18BrNO. The second-order valence-corrected chi connectivity index (χ2v) is 6.19. The van der Waals surface area contributed by atoms with Gasteiger partial charge in [-0.15, -0.1) is 0 Å². The molecular weight excluding hydrogens is 278 g/mol. The van der Waals surface area contributed by atoms with Gasteiger partial charge in [0.2, 0.25) is 0 Å². The lowest BCUT2D eigenvalue weighted by molar-refractivity contribution is 0.327. The molecule has 0 fully saturated rings. The van der Waals surface area contributed by atoms with E-state index in [2.05, 4.69) is 41.7 Å². The second kappa shape index (κ2) is 4.81. The van der Waals surface area contributed by atoms with Gasteiger partial charge in [-0.05, 0) is 24.0 Å². The predicted molar refractivity (Wildman–Crippen MR) is 74.5 cm³/mol. The minimum Gasteiger partial charge on any atom is -0.441 e. The molecule has 0 saturated carbocycles. The lowest BCUT2D eigenvalue weighted by Crippen LogP contribution is -2.25. The van der Waals surface area contributed by atoms with Gasteiger partial charge in [-0.1, -0.05) is 48.8 Å². The monoisotopic (exact) mass is 295 g/mol. The first-order valence-corrected chi connectivity index (χ1v) is 6.93. The van der Waals surface area contributed by atoms with Crippen molar-refractivity contribution in [2.75, 3.05) is 0 Å². The van der Waals surface area contributed by atoms with E-state index in [1.54, 1.807) is 0 Å². The van der Waals surface area contributed by atoms with E-state index < -0.39 is 0 Å². The highest BCUT2D eigenvalue weighted by Crippen LogP contribution is 2.33. The molecule has 0 saturated heterocycles. The summed E-state index contributed by atoms with van der Waals surface area (Å²) in [5, 5.41) is 0. The van der Waals surface area contributed by atoms with Gasteiger partial charge in [0, 0.05) is 11.2 Å². The van der Waals surface area contributed by atoms with Crippen molar-refractivity contribution in [2.45, 2.75) is 38.4 Å². The van der Waals surface area contributed by atoms with Crippen molar-refractivity contribution < 1.29 is 4.42 Å². The number of hydrogen-bond acceptors (Lipinski definition) is 2. The van der Waals surface area contributed by atoms with E-state index in [-0.39, 0.29) is 5.41 Å². The number of benzene rings is 1. The van der Waals surface area contributed by atoms with Crippen LogP contribution in [0.25, 0.3) is 11.1 Å². The Morgan fingerprint density at radius 2 is 2.06 bits per heavy atom. The molecule has 0 radical (unpaired) electrons. The molecule has 92 valence electrons. The number of oxazole rings is 1. The number of hydrogen-bond donors (Lipinski definition) is 0. The molecule has 1 aromatic carbocycles. The molecule has 2 rings (SSSR count). The Balaban J connectivity index is 2.18. The maximum Gasteiger partial charge on any atom is 0.196 e. The van der Waals surface area contributed by atoms with Gasteiger partial charge in [-0.2, -0.15) is 0 Å². The fourth-order valence-electron chi connectivity index (χ4n) is 1.66. The first kappa shape index (κ1) is 12.6. The molecule has 3 heteroatoms. The first-order valence-electron chi connectivity index (χ1n) is 6.01. The Morgan fingerprint density at radius 1 is 1.35 bits per heavy atom. The number of nitrogens with zero attached hydrogens (tertiary/aromatic N) is 1. The van der Waals surface area contributed by atoms with Crippen LogP contribution in [0.1, 0.15) is 33.1 Å². The van der Waals surface area contributed by atoms with Crippen LogP contribution in [0.4, 0.5) is 0 Å². The molecule has 0 aliphatic carbocycles. The third-order valence-corrected chi connectivity index (χ3v) is 5.01. The van der Waals surface area contributed by atoms with Crippen LogP contribution >= 0.6 is 15.9 Å². The van der Waals surface area contributed by atoms with Crippen LogP contribution in [0.3, 0.4) is 0 Å². The van der Waals surface area contributed by atoms with Crippen molar-refractivity contribution in [2.24, 2.45) is 5.41 Å². The normalized spacial score (nSPS) is 14.1. The third kappa shape index (κ3) is 2.71. The maximum atomic E-state index is 5.74. The Morgan fingerprint density at radius 3 is 2.71 bits per heavy atom. The van der Waals surface area contributed by atoms with Gasteiger partial charge < -0.3 is 4.42 Å². The van der Waals surface area contributed by atoms with E-state index in [0.29, 0.717) is 4.83 Å². The molecule has 0 bridgehead atoms. The fourth-order valence-corrected chi connectivity index (χ4v) is 2.26. The maximum absolute atomic E-state index is 5.74. The average Bonchev–Trinajstić information content (AvgIpc) is 2.70. The van der Waals surface area contributed by atoms with Crippen molar-refractivity contribution in [3.63, 3.8) is 0 Å². The minimum absolute atomic E-state index is 0.251. The van der Waals surface area contributed by atoms with Gasteiger partial charge in [0.05, 0.1) is 0 Å². The number of aromatic nitrogens is 1. The van der Waals surface area contributed by atoms with E-state index in [9.17, 15) is 0 Å². The molecule has 0 aliphatic rings. The van der Waals surface area contributed by atoms with Crippen LogP contribution in [0.5, 0.6) is 0 Å². The quantitative estimate of drug-likeness (QED) is 0.772. The number of rotatable bonds is 4. The second-order valence-electron chi connectivity index (χ2n) is 5.09. The van der Waals surface area contributed by atoms with Crippen LogP contribution < -0.4 is 0 Å². The van der Waals surface area contributed by atoms with Crippen LogP contribution in [0, 0.1) is 5.41 Å². The van der Waals surface area contributed by atoms with Gasteiger partial charge >= 0.3 is 0 Å². The summed E-state index contributed by atoms with van der Waals surface area (Å²) in [7, 11) is 0. The van der Waals surface area contributed by atoms with Crippen molar-refractivity contribution >= 4 is 27.0 Å². The third-order valence-electron chi connectivity index (χ3n) is 3.45. The number of fused-ring (bicyclic) bond motifs is 1. The summed E-state index contributed by atoms with van der Waals surface area (Å²) in [5.41, 5.74) is 2.06. The lowest BCUT2D eigenvalue weighted by atomic mass is 9.85. The highest BCUT2D eigenvalue weighted by molar-refractivity contribution is 9.09. The van der Waals surface area contributed by atoms with Gasteiger partial charge in [0.1, 0.15) is 5.52 Å². The van der Waals surface area contributed by atoms with Crippen LogP contribution in [-0.2, 0) is 6.42 Å². The van der Waals surface area contributed by atoms with E-state index >= 15 is 0 Å². The van der Waals surface area contributed by atoms with Gasteiger partial charge in [-0.3, -0.25) is 0 Å². The SMILES string of the molecule is CCC(C)(C)C(Br)Cc1nc2ccccc2o1. The Hall–Kier alpha value is -0.830. The highest BCUT2D eigenvalue weighted by Gasteiger charge is 2.27. The summed E-state index contributed by atoms with van der Waals surface area (Å²) < 4.78 is 5.74. The van der Waals surface area contributed by atoms with Crippen molar-refractivity contribution in [3.8, 4) is 0 Å². The Labute approximate surface area is 111 Å². The molecule has 0 N–H and O–H groups in total. The van der Waals surface area contributed by atoms with E-state index in [1.807, 2.05) is 24.3 Å². The van der Waals surface area contributed by atoms with E-state index in [1.165, 1.54) is 0 Å². The first-order chi connectivity index (χ1) is 8.03. The summed E-state index contributed by atoms with van der Waals surface area (Å²) in [6.45, 7) is 6.73. The summed E-state index contributed by atoms with van der Waals surface area (Å²) in [5.74, 6) is 0.814. The van der Waals surface area contributed by atoms with E-state index in [0.717, 1.165) is 29.8 Å². The summed E-state index contributed by atoms with van der Waals surface area (Å²) in [6.07, 6.45) is 1.96.